The number of rotatable bonds is 1. The SMILES string of the molecule is CCc1c(C)[nH]c2c(Cl)ccc(Cl)c2c1=O. The lowest BCUT2D eigenvalue weighted by Gasteiger charge is -2.08. The van der Waals surface area contributed by atoms with Crippen LogP contribution in [-0.2, 0) is 6.42 Å². The lowest BCUT2D eigenvalue weighted by atomic mass is 10.1. The molecule has 0 atom stereocenters. The molecule has 4 heteroatoms. The topological polar surface area (TPSA) is 32.9 Å². The van der Waals surface area contributed by atoms with Crippen molar-refractivity contribution in [3.8, 4) is 0 Å². The van der Waals surface area contributed by atoms with E-state index in [0.717, 1.165) is 11.3 Å². The summed E-state index contributed by atoms with van der Waals surface area (Å²) in [6.45, 7) is 3.82. The zero-order valence-electron chi connectivity index (χ0n) is 9.03. The van der Waals surface area contributed by atoms with Crippen molar-refractivity contribution in [2.75, 3.05) is 0 Å². The van der Waals surface area contributed by atoms with Crippen molar-refractivity contribution >= 4 is 34.1 Å². The molecule has 2 rings (SSSR count). The van der Waals surface area contributed by atoms with E-state index < -0.39 is 0 Å². The molecule has 1 aromatic carbocycles. The molecule has 16 heavy (non-hydrogen) atoms. The lowest BCUT2D eigenvalue weighted by molar-refractivity contribution is 1.05. The van der Waals surface area contributed by atoms with Gasteiger partial charge in [0, 0.05) is 11.3 Å². The normalized spacial score (nSPS) is 11.0. The Balaban J connectivity index is 3.05. The first kappa shape index (κ1) is 11.5. The number of halogens is 2. The van der Waals surface area contributed by atoms with Crippen molar-refractivity contribution < 1.29 is 0 Å². The van der Waals surface area contributed by atoms with Crippen molar-refractivity contribution in [2.45, 2.75) is 20.3 Å². The number of nitrogens with one attached hydrogen (secondary N) is 1. The summed E-state index contributed by atoms with van der Waals surface area (Å²) in [5.74, 6) is 0. The molecular formula is C12H11Cl2NO. The first-order chi connectivity index (χ1) is 7.56. The Kier molecular flexibility index (Phi) is 2.96. The van der Waals surface area contributed by atoms with Crippen LogP contribution in [0.2, 0.25) is 10.0 Å². The van der Waals surface area contributed by atoms with E-state index in [1.807, 2.05) is 13.8 Å². The van der Waals surface area contributed by atoms with Crippen molar-refractivity contribution in [1.82, 2.24) is 4.98 Å². The van der Waals surface area contributed by atoms with E-state index in [2.05, 4.69) is 4.98 Å². The third-order valence-electron chi connectivity index (χ3n) is 2.72. The van der Waals surface area contributed by atoms with Gasteiger partial charge in [0.05, 0.1) is 20.9 Å². The van der Waals surface area contributed by atoms with Crippen LogP contribution < -0.4 is 5.43 Å². The van der Waals surface area contributed by atoms with Gasteiger partial charge in [0.25, 0.3) is 0 Å². The van der Waals surface area contributed by atoms with E-state index in [1.165, 1.54) is 0 Å². The van der Waals surface area contributed by atoms with Gasteiger partial charge in [-0.3, -0.25) is 4.79 Å². The van der Waals surface area contributed by atoms with E-state index >= 15 is 0 Å². The molecule has 0 bridgehead atoms. The second-order valence-corrected chi connectivity index (χ2v) is 4.50. The van der Waals surface area contributed by atoms with Gasteiger partial charge in [0.2, 0.25) is 0 Å². The summed E-state index contributed by atoms with van der Waals surface area (Å²) in [6.07, 6.45) is 0.681. The number of benzene rings is 1. The largest absolute Gasteiger partial charge is 0.357 e. The monoisotopic (exact) mass is 255 g/mol. The number of aromatic amines is 1. The Bertz CT molecular complexity index is 616. The van der Waals surface area contributed by atoms with Crippen LogP contribution in [0.25, 0.3) is 10.9 Å². The maximum atomic E-state index is 12.2. The van der Waals surface area contributed by atoms with Gasteiger partial charge in [-0.15, -0.1) is 0 Å². The first-order valence-corrected chi connectivity index (χ1v) is 5.81. The molecule has 0 amide bonds. The molecule has 0 radical (unpaired) electrons. The van der Waals surface area contributed by atoms with Gasteiger partial charge >= 0.3 is 0 Å². The fraction of sp³-hybridized carbons (Fsp3) is 0.250. The molecule has 0 saturated carbocycles. The summed E-state index contributed by atoms with van der Waals surface area (Å²) in [5.41, 5.74) is 2.20. The van der Waals surface area contributed by atoms with Crippen LogP contribution in [0.1, 0.15) is 18.2 Å². The Morgan fingerprint density at radius 1 is 1.25 bits per heavy atom. The van der Waals surface area contributed by atoms with Crippen molar-refractivity contribution in [1.29, 1.82) is 0 Å². The minimum atomic E-state index is -0.0266. The summed E-state index contributed by atoms with van der Waals surface area (Å²) >= 11 is 12.1. The molecule has 2 nitrogen and oxygen atoms in total. The van der Waals surface area contributed by atoms with E-state index in [0.29, 0.717) is 27.4 Å². The van der Waals surface area contributed by atoms with Crippen LogP contribution in [0.5, 0.6) is 0 Å². The molecule has 0 unspecified atom stereocenters. The van der Waals surface area contributed by atoms with Crippen LogP contribution in [0.3, 0.4) is 0 Å². The number of aryl methyl sites for hydroxylation is 1. The number of fused-ring (bicyclic) bond motifs is 1. The van der Waals surface area contributed by atoms with Gasteiger partial charge in [0.1, 0.15) is 0 Å². The quantitative estimate of drug-likeness (QED) is 0.828. The second-order valence-electron chi connectivity index (χ2n) is 3.69. The second kappa shape index (κ2) is 4.11. The van der Waals surface area contributed by atoms with E-state index in [9.17, 15) is 4.79 Å². The highest BCUT2D eigenvalue weighted by atomic mass is 35.5. The van der Waals surface area contributed by atoms with Gasteiger partial charge < -0.3 is 4.98 Å². The zero-order chi connectivity index (χ0) is 11.9. The Morgan fingerprint density at radius 2 is 1.88 bits per heavy atom. The summed E-state index contributed by atoms with van der Waals surface area (Å²) in [5, 5.41) is 1.44. The molecule has 1 aromatic heterocycles. The molecule has 0 aliphatic carbocycles. The molecule has 1 heterocycles. The zero-order valence-corrected chi connectivity index (χ0v) is 10.5. The van der Waals surface area contributed by atoms with E-state index in [4.69, 9.17) is 23.2 Å². The third-order valence-corrected chi connectivity index (χ3v) is 3.35. The number of hydrogen-bond donors (Lipinski definition) is 1. The first-order valence-electron chi connectivity index (χ1n) is 5.05. The molecule has 0 aliphatic rings. The van der Waals surface area contributed by atoms with E-state index in [1.54, 1.807) is 12.1 Å². The minimum Gasteiger partial charge on any atom is -0.357 e. The Hall–Kier alpha value is -0.990. The van der Waals surface area contributed by atoms with Crippen LogP contribution in [0.15, 0.2) is 16.9 Å². The van der Waals surface area contributed by atoms with Crippen molar-refractivity contribution in [2.24, 2.45) is 0 Å². The maximum Gasteiger partial charge on any atom is 0.194 e. The molecule has 84 valence electrons. The molecule has 0 fully saturated rings. The van der Waals surface area contributed by atoms with Gasteiger partial charge in [-0.05, 0) is 25.5 Å². The number of pyridine rings is 1. The van der Waals surface area contributed by atoms with Gasteiger partial charge in [-0.1, -0.05) is 30.1 Å². The predicted octanol–water partition coefficient (Wildman–Crippen LogP) is 3.71. The van der Waals surface area contributed by atoms with Crippen LogP contribution in [-0.4, -0.2) is 4.98 Å². The smallest absolute Gasteiger partial charge is 0.194 e. The van der Waals surface area contributed by atoms with E-state index in [-0.39, 0.29) is 5.43 Å². The van der Waals surface area contributed by atoms with Crippen LogP contribution in [0.4, 0.5) is 0 Å². The third kappa shape index (κ3) is 1.62. The minimum absolute atomic E-state index is 0.0266. The molecular weight excluding hydrogens is 245 g/mol. The van der Waals surface area contributed by atoms with Crippen molar-refractivity contribution in [3.63, 3.8) is 0 Å². The van der Waals surface area contributed by atoms with Gasteiger partial charge in [-0.25, -0.2) is 0 Å². The van der Waals surface area contributed by atoms with Crippen LogP contribution in [0, 0.1) is 6.92 Å². The fourth-order valence-electron chi connectivity index (χ4n) is 1.91. The Labute approximate surface area is 103 Å². The average Bonchev–Trinajstić information content (AvgIpc) is 2.24. The average molecular weight is 256 g/mol. The molecule has 0 aliphatic heterocycles. The predicted molar refractivity (Wildman–Crippen MR) is 68.7 cm³/mol. The highest BCUT2D eigenvalue weighted by Crippen LogP contribution is 2.26. The highest BCUT2D eigenvalue weighted by molar-refractivity contribution is 6.39. The lowest BCUT2D eigenvalue weighted by Crippen LogP contribution is -2.13. The molecule has 2 aromatic rings. The highest BCUT2D eigenvalue weighted by Gasteiger charge is 2.12. The van der Waals surface area contributed by atoms with Gasteiger partial charge in [-0.2, -0.15) is 0 Å². The summed E-state index contributed by atoms with van der Waals surface area (Å²) < 4.78 is 0. The van der Waals surface area contributed by atoms with Crippen LogP contribution >= 0.6 is 23.2 Å². The summed E-state index contributed by atoms with van der Waals surface area (Å²) in [7, 11) is 0. The molecule has 0 spiro atoms. The Morgan fingerprint density at radius 3 is 2.50 bits per heavy atom. The summed E-state index contributed by atoms with van der Waals surface area (Å²) in [4.78, 5) is 15.3. The summed E-state index contributed by atoms with van der Waals surface area (Å²) in [6, 6.07) is 3.34. The van der Waals surface area contributed by atoms with Crippen molar-refractivity contribution in [3.05, 3.63) is 43.7 Å². The standard InChI is InChI=1S/C12H11Cl2NO/c1-3-7-6(2)15-11-9(14)5-4-8(13)10(11)12(7)16/h4-5H,3H2,1-2H3,(H,15,16). The number of H-pyrrole nitrogens is 1. The molecule has 1 N–H and O–H groups in total. The fourth-order valence-corrected chi connectivity index (χ4v) is 2.35. The maximum absolute atomic E-state index is 12.2. The number of hydrogen-bond acceptors (Lipinski definition) is 1. The number of aromatic nitrogens is 1. The molecule has 0 saturated heterocycles. The van der Waals surface area contributed by atoms with Gasteiger partial charge in [0.15, 0.2) is 5.43 Å².